The number of para-hydroxylation sites is 1. The predicted molar refractivity (Wildman–Crippen MR) is 138 cm³/mol. The number of hydrogen-bond donors (Lipinski definition) is 1. The third-order valence-electron chi connectivity index (χ3n) is 6.08. The van der Waals surface area contributed by atoms with Crippen LogP contribution in [0, 0.1) is 0 Å². The van der Waals surface area contributed by atoms with Crippen LogP contribution >= 0.6 is 34.5 Å². The molecular weight excluding hydrogens is 477 g/mol. The molecule has 1 aliphatic rings. The number of fused-ring (bicyclic) bond motifs is 1. The van der Waals surface area contributed by atoms with Crippen LogP contribution in [0.4, 0.5) is 5.69 Å². The highest BCUT2D eigenvalue weighted by molar-refractivity contribution is 7.21. The van der Waals surface area contributed by atoms with Gasteiger partial charge in [0, 0.05) is 47.0 Å². The van der Waals surface area contributed by atoms with Gasteiger partial charge in [-0.25, -0.2) is 0 Å². The Kier molecular flexibility index (Phi) is 7.59. The number of hydrogen-bond acceptors (Lipinski definition) is 4. The van der Waals surface area contributed by atoms with Crippen LogP contribution in [-0.2, 0) is 17.6 Å². The zero-order valence-electron chi connectivity index (χ0n) is 18.8. The molecule has 8 heteroatoms. The Morgan fingerprint density at radius 1 is 1.00 bits per heavy atom. The van der Waals surface area contributed by atoms with Gasteiger partial charge in [0.15, 0.2) is 0 Å². The van der Waals surface area contributed by atoms with E-state index < -0.39 is 0 Å². The first-order valence-corrected chi connectivity index (χ1v) is 12.8. The minimum atomic E-state index is -0.0640. The molecule has 33 heavy (non-hydrogen) atoms. The Balaban J connectivity index is 1.36. The molecule has 0 unspecified atom stereocenters. The van der Waals surface area contributed by atoms with E-state index in [0.717, 1.165) is 39.7 Å². The number of amides is 2. The lowest BCUT2D eigenvalue weighted by Gasteiger charge is -2.34. The molecule has 0 radical (unpaired) electrons. The van der Waals surface area contributed by atoms with E-state index in [9.17, 15) is 9.59 Å². The first kappa shape index (κ1) is 24.0. The van der Waals surface area contributed by atoms with Crippen LogP contribution in [0.25, 0.3) is 10.1 Å². The Hall–Kier alpha value is -2.12. The third-order valence-corrected chi connectivity index (χ3v) is 7.96. The molecule has 0 saturated carbocycles. The van der Waals surface area contributed by atoms with Gasteiger partial charge in [-0.1, -0.05) is 61.3 Å². The number of benzene rings is 2. The Labute approximate surface area is 208 Å². The number of nitrogens with zero attached hydrogens (tertiary/aromatic N) is 2. The summed E-state index contributed by atoms with van der Waals surface area (Å²) < 4.78 is 0.907. The van der Waals surface area contributed by atoms with Gasteiger partial charge in [-0.2, -0.15) is 0 Å². The van der Waals surface area contributed by atoms with Crippen molar-refractivity contribution in [1.82, 2.24) is 9.80 Å². The van der Waals surface area contributed by atoms with Crippen LogP contribution in [0.1, 0.15) is 34.6 Å². The zero-order chi connectivity index (χ0) is 23.5. The van der Waals surface area contributed by atoms with Gasteiger partial charge in [-0.05, 0) is 36.1 Å². The van der Waals surface area contributed by atoms with Crippen molar-refractivity contribution in [3.63, 3.8) is 0 Å². The second-order valence-corrected chi connectivity index (χ2v) is 10.0. The summed E-state index contributed by atoms with van der Waals surface area (Å²) in [6.45, 7) is 6.90. The van der Waals surface area contributed by atoms with Crippen molar-refractivity contribution in [3.05, 3.63) is 62.4 Å². The molecule has 1 N–H and O–H groups in total. The summed E-state index contributed by atoms with van der Waals surface area (Å²) in [4.78, 5) is 30.3. The third kappa shape index (κ3) is 5.19. The molecule has 5 nitrogen and oxygen atoms in total. The number of thiophene rings is 1. The fraction of sp³-hybridized carbons (Fsp3) is 0.360. The number of anilines is 1. The molecule has 4 rings (SSSR count). The molecule has 0 bridgehead atoms. The lowest BCUT2D eigenvalue weighted by molar-refractivity contribution is -0.117. The molecule has 0 aliphatic carbocycles. The summed E-state index contributed by atoms with van der Waals surface area (Å²) >= 11 is 14.0. The highest BCUT2D eigenvalue weighted by atomic mass is 35.5. The maximum absolute atomic E-state index is 13.1. The smallest absolute Gasteiger partial charge is 0.265 e. The maximum Gasteiger partial charge on any atom is 0.265 e. The molecule has 0 spiro atoms. The van der Waals surface area contributed by atoms with Gasteiger partial charge in [0.05, 0.1) is 11.6 Å². The second kappa shape index (κ2) is 10.4. The topological polar surface area (TPSA) is 52.7 Å². The van der Waals surface area contributed by atoms with E-state index in [1.54, 1.807) is 6.07 Å². The molecule has 1 saturated heterocycles. The summed E-state index contributed by atoms with van der Waals surface area (Å²) in [5.41, 5.74) is 3.25. The van der Waals surface area contributed by atoms with Crippen LogP contribution in [-0.4, -0.2) is 54.3 Å². The first-order valence-electron chi connectivity index (χ1n) is 11.2. The van der Waals surface area contributed by atoms with Gasteiger partial charge >= 0.3 is 0 Å². The number of carbonyl (C=O) groups is 2. The fourth-order valence-electron chi connectivity index (χ4n) is 4.21. The van der Waals surface area contributed by atoms with Gasteiger partial charge < -0.3 is 10.2 Å². The lowest BCUT2D eigenvalue weighted by Crippen LogP contribution is -2.50. The van der Waals surface area contributed by atoms with E-state index in [-0.39, 0.29) is 11.8 Å². The molecule has 2 aromatic carbocycles. The van der Waals surface area contributed by atoms with Gasteiger partial charge in [0.1, 0.15) is 4.88 Å². The van der Waals surface area contributed by atoms with Crippen LogP contribution in [0.5, 0.6) is 0 Å². The molecule has 1 aliphatic heterocycles. The summed E-state index contributed by atoms with van der Waals surface area (Å²) in [7, 11) is 0. The molecule has 3 aromatic rings. The Morgan fingerprint density at radius 2 is 1.67 bits per heavy atom. The van der Waals surface area contributed by atoms with E-state index >= 15 is 0 Å². The summed E-state index contributed by atoms with van der Waals surface area (Å²) in [6, 6.07) is 11.6. The van der Waals surface area contributed by atoms with Crippen LogP contribution in [0.2, 0.25) is 10.0 Å². The molecule has 2 amide bonds. The van der Waals surface area contributed by atoms with E-state index in [0.29, 0.717) is 47.6 Å². The quantitative estimate of drug-likeness (QED) is 0.467. The zero-order valence-corrected chi connectivity index (χ0v) is 21.1. The molecule has 1 fully saturated rings. The van der Waals surface area contributed by atoms with Gasteiger partial charge in [-0.3, -0.25) is 14.5 Å². The Morgan fingerprint density at radius 3 is 2.30 bits per heavy atom. The minimum absolute atomic E-state index is 0.0187. The van der Waals surface area contributed by atoms with Crippen LogP contribution in [0.15, 0.2) is 36.4 Å². The first-order chi connectivity index (χ1) is 15.9. The number of piperazine rings is 1. The van der Waals surface area contributed by atoms with E-state index in [1.807, 2.05) is 23.1 Å². The molecule has 174 valence electrons. The van der Waals surface area contributed by atoms with Crippen LogP contribution < -0.4 is 5.32 Å². The van der Waals surface area contributed by atoms with Crippen molar-refractivity contribution in [3.8, 4) is 0 Å². The van der Waals surface area contributed by atoms with Crippen molar-refractivity contribution in [1.29, 1.82) is 0 Å². The maximum atomic E-state index is 13.1. The molecule has 0 atom stereocenters. The van der Waals surface area contributed by atoms with Crippen molar-refractivity contribution in [2.24, 2.45) is 0 Å². The van der Waals surface area contributed by atoms with Gasteiger partial charge in [-0.15, -0.1) is 11.3 Å². The van der Waals surface area contributed by atoms with Crippen molar-refractivity contribution >= 4 is 62.1 Å². The monoisotopic (exact) mass is 503 g/mol. The summed E-state index contributed by atoms with van der Waals surface area (Å²) in [5.74, 6) is -0.0827. The standard InChI is InChI=1S/C25H27Cl2N3O2S/c1-3-16-6-5-7-17(4-2)23(16)28-21(31)15-29-10-12-30(13-11-29)25(32)24-22(27)19-9-8-18(26)14-20(19)33-24/h5-9,14H,3-4,10-13,15H2,1-2H3,(H,28,31). The highest BCUT2D eigenvalue weighted by Crippen LogP contribution is 2.37. The van der Waals surface area contributed by atoms with Crippen LogP contribution in [0.3, 0.4) is 0 Å². The van der Waals surface area contributed by atoms with Gasteiger partial charge in [0.25, 0.3) is 5.91 Å². The predicted octanol–water partition coefficient (Wildman–Crippen LogP) is 5.73. The van der Waals surface area contributed by atoms with Gasteiger partial charge in [0.2, 0.25) is 5.91 Å². The number of aryl methyl sites for hydroxylation is 2. The van der Waals surface area contributed by atoms with E-state index in [4.69, 9.17) is 23.2 Å². The van der Waals surface area contributed by atoms with E-state index in [2.05, 4.69) is 36.2 Å². The summed E-state index contributed by atoms with van der Waals surface area (Å²) in [5, 5.41) is 5.09. The average Bonchev–Trinajstić information content (AvgIpc) is 3.14. The lowest BCUT2D eigenvalue weighted by atomic mass is 10.0. The number of halogens is 2. The van der Waals surface area contributed by atoms with Crippen molar-refractivity contribution < 1.29 is 9.59 Å². The van der Waals surface area contributed by atoms with Crippen molar-refractivity contribution in [2.75, 3.05) is 38.0 Å². The normalized spacial score (nSPS) is 14.6. The Bertz CT molecular complexity index is 1160. The SMILES string of the molecule is CCc1cccc(CC)c1NC(=O)CN1CCN(C(=O)c2sc3cc(Cl)ccc3c2Cl)CC1. The van der Waals surface area contributed by atoms with Crippen molar-refractivity contribution in [2.45, 2.75) is 26.7 Å². The molecule has 1 aromatic heterocycles. The fourth-order valence-corrected chi connectivity index (χ4v) is 5.97. The summed E-state index contributed by atoms with van der Waals surface area (Å²) in [6.07, 6.45) is 1.74. The number of rotatable bonds is 6. The number of nitrogens with one attached hydrogen (secondary N) is 1. The molecule has 2 heterocycles. The minimum Gasteiger partial charge on any atom is -0.335 e. The largest absolute Gasteiger partial charge is 0.335 e. The number of carbonyl (C=O) groups excluding carboxylic acids is 2. The second-order valence-electron chi connectivity index (χ2n) is 8.16. The average molecular weight is 504 g/mol. The van der Waals surface area contributed by atoms with E-state index in [1.165, 1.54) is 11.3 Å². The highest BCUT2D eigenvalue weighted by Gasteiger charge is 2.27. The molecular formula is C25H27Cl2N3O2S.